The van der Waals surface area contributed by atoms with E-state index in [2.05, 4.69) is 4.98 Å². The molecule has 0 aliphatic heterocycles. The third kappa shape index (κ3) is 2.25. The van der Waals surface area contributed by atoms with Gasteiger partial charge >= 0.3 is 0 Å². The van der Waals surface area contributed by atoms with Gasteiger partial charge in [-0.05, 0) is 6.07 Å². The third-order valence-electron chi connectivity index (χ3n) is 2.54. The summed E-state index contributed by atoms with van der Waals surface area (Å²) in [5.74, 6) is 1.09. The predicted octanol–water partition coefficient (Wildman–Crippen LogP) is 1.82. The van der Waals surface area contributed by atoms with Crippen LogP contribution in [-0.4, -0.2) is 24.3 Å². The molecule has 18 heavy (non-hydrogen) atoms. The minimum atomic E-state index is -0.829. The highest BCUT2D eigenvalue weighted by atomic mass is 32.1. The van der Waals surface area contributed by atoms with Gasteiger partial charge in [-0.2, -0.15) is 0 Å². The van der Waals surface area contributed by atoms with E-state index in [1.165, 1.54) is 18.4 Å². The molecular weight excluding hydrogens is 252 g/mol. The van der Waals surface area contributed by atoms with Gasteiger partial charge in [-0.15, -0.1) is 0 Å². The number of anilines is 1. The summed E-state index contributed by atoms with van der Waals surface area (Å²) in [6.07, 6.45) is 0.730. The van der Waals surface area contributed by atoms with Crippen LogP contribution in [0, 0.1) is 0 Å². The molecule has 3 N–H and O–H groups in total. The minimum Gasteiger partial charge on any atom is -0.493 e. The Hall–Kier alpha value is -1.79. The maximum atomic E-state index is 10.3. The van der Waals surface area contributed by atoms with Gasteiger partial charge in [0.25, 0.3) is 0 Å². The highest BCUT2D eigenvalue weighted by molar-refractivity contribution is 7.15. The van der Waals surface area contributed by atoms with Crippen LogP contribution in [0.2, 0.25) is 0 Å². The fourth-order valence-corrected chi connectivity index (χ4v) is 2.40. The Balaban J connectivity index is 2.44. The molecule has 1 heterocycles. The highest BCUT2D eigenvalue weighted by Crippen LogP contribution is 2.38. The fraction of sp³-hybridized carbons (Fsp3) is 0.250. The molecule has 0 aliphatic carbocycles. The van der Waals surface area contributed by atoms with E-state index in [1.807, 2.05) is 0 Å². The molecule has 1 atom stereocenters. The van der Waals surface area contributed by atoms with Crippen LogP contribution in [0.15, 0.2) is 24.4 Å². The van der Waals surface area contributed by atoms with Gasteiger partial charge in [-0.25, -0.2) is 4.98 Å². The van der Waals surface area contributed by atoms with Crippen molar-refractivity contribution in [3.05, 3.63) is 34.8 Å². The molecule has 0 fully saturated rings. The van der Waals surface area contributed by atoms with Crippen molar-refractivity contribution in [2.45, 2.75) is 6.10 Å². The lowest BCUT2D eigenvalue weighted by Gasteiger charge is -2.15. The van der Waals surface area contributed by atoms with Crippen molar-refractivity contribution in [3.8, 4) is 11.5 Å². The van der Waals surface area contributed by atoms with Gasteiger partial charge in [0.1, 0.15) is 6.10 Å². The number of hydrogen-bond donors (Lipinski definition) is 2. The van der Waals surface area contributed by atoms with Crippen molar-refractivity contribution in [3.63, 3.8) is 0 Å². The van der Waals surface area contributed by atoms with Crippen LogP contribution in [0.1, 0.15) is 16.5 Å². The number of aromatic nitrogens is 1. The van der Waals surface area contributed by atoms with E-state index in [4.69, 9.17) is 15.2 Å². The first kappa shape index (κ1) is 12.7. The first-order valence-corrected chi connectivity index (χ1v) is 6.09. The lowest BCUT2D eigenvalue weighted by molar-refractivity contribution is 0.216. The van der Waals surface area contributed by atoms with Crippen LogP contribution < -0.4 is 15.2 Å². The number of nitrogen functional groups attached to an aromatic ring is 1. The van der Waals surface area contributed by atoms with Crippen molar-refractivity contribution in [1.29, 1.82) is 0 Å². The maximum absolute atomic E-state index is 10.3. The second-order valence-electron chi connectivity index (χ2n) is 3.59. The van der Waals surface area contributed by atoms with Crippen LogP contribution in [0.4, 0.5) is 5.13 Å². The molecule has 1 unspecified atom stereocenters. The van der Waals surface area contributed by atoms with Crippen molar-refractivity contribution in [2.24, 2.45) is 0 Å². The number of nitrogens with zero attached hydrogens (tertiary/aromatic N) is 1. The Kier molecular flexibility index (Phi) is 3.69. The number of benzene rings is 1. The second-order valence-corrected chi connectivity index (χ2v) is 4.68. The lowest BCUT2D eigenvalue weighted by Crippen LogP contribution is -2.02. The molecule has 2 rings (SSSR count). The van der Waals surface area contributed by atoms with Gasteiger partial charge in [0.15, 0.2) is 16.6 Å². The van der Waals surface area contributed by atoms with Crippen molar-refractivity contribution >= 4 is 16.5 Å². The van der Waals surface area contributed by atoms with E-state index < -0.39 is 6.10 Å². The molecule has 0 saturated carbocycles. The third-order valence-corrected chi connectivity index (χ3v) is 3.42. The Morgan fingerprint density at radius 3 is 2.67 bits per heavy atom. The number of aliphatic hydroxyl groups is 1. The van der Waals surface area contributed by atoms with Crippen molar-refractivity contribution < 1.29 is 14.6 Å². The average molecular weight is 266 g/mol. The Morgan fingerprint density at radius 2 is 2.11 bits per heavy atom. The van der Waals surface area contributed by atoms with E-state index >= 15 is 0 Å². The Labute approximate surface area is 109 Å². The average Bonchev–Trinajstić information content (AvgIpc) is 2.83. The van der Waals surface area contributed by atoms with Gasteiger partial charge in [0.05, 0.1) is 19.1 Å². The summed E-state index contributed by atoms with van der Waals surface area (Å²) in [4.78, 5) is 4.59. The van der Waals surface area contributed by atoms with Crippen molar-refractivity contribution in [1.82, 2.24) is 4.98 Å². The lowest BCUT2D eigenvalue weighted by atomic mass is 10.1. The predicted molar refractivity (Wildman–Crippen MR) is 70.1 cm³/mol. The summed E-state index contributed by atoms with van der Waals surface area (Å²) in [5, 5.41) is 10.7. The molecule has 0 radical (unpaired) electrons. The molecule has 5 nitrogen and oxygen atoms in total. The van der Waals surface area contributed by atoms with Crippen LogP contribution in [0.25, 0.3) is 0 Å². The molecule has 0 bridgehead atoms. The molecule has 1 aromatic heterocycles. The normalized spacial score (nSPS) is 12.2. The molecule has 2 aromatic rings. The van der Waals surface area contributed by atoms with Gasteiger partial charge in [0.2, 0.25) is 0 Å². The van der Waals surface area contributed by atoms with Crippen LogP contribution in [-0.2, 0) is 0 Å². The number of rotatable bonds is 4. The molecule has 0 spiro atoms. The van der Waals surface area contributed by atoms with Crippen LogP contribution in [0.3, 0.4) is 0 Å². The van der Waals surface area contributed by atoms with E-state index in [0.717, 1.165) is 0 Å². The van der Waals surface area contributed by atoms with Crippen LogP contribution in [0.5, 0.6) is 11.5 Å². The number of thiazole rings is 1. The number of methoxy groups -OCH3 is 2. The standard InChI is InChI=1S/C12H14N2O3S/c1-16-8-5-3-4-7(11(8)17-2)10(15)9-6-14-12(13)18-9/h3-6,10,15H,1-2H3,(H2,13,14). The summed E-state index contributed by atoms with van der Waals surface area (Å²) in [6, 6.07) is 5.35. The number of aliphatic hydroxyl groups excluding tert-OH is 1. The number of ether oxygens (including phenoxy) is 2. The largest absolute Gasteiger partial charge is 0.493 e. The van der Waals surface area contributed by atoms with E-state index in [1.54, 1.807) is 31.5 Å². The quantitative estimate of drug-likeness (QED) is 0.882. The number of hydrogen-bond acceptors (Lipinski definition) is 6. The molecule has 0 aliphatic rings. The zero-order chi connectivity index (χ0) is 13.1. The van der Waals surface area contributed by atoms with Gasteiger partial charge in [-0.3, -0.25) is 0 Å². The van der Waals surface area contributed by atoms with Crippen molar-refractivity contribution in [2.75, 3.05) is 20.0 Å². The minimum absolute atomic E-state index is 0.422. The summed E-state index contributed by atoms with van der Waals surface area (Å²) < 4.78 is 10.5. The molecule has 1 aromatic carbocycles. The topological polar surface area (TPSA) is 77.6 Å². The smallest absolute Gasteiger partial charge is 0.180 e. The summed E-state index contributed by atoms with van der Waals surface area (Å²) >= 11 is 1.24. The Morgan fingerprint density at radius 1 is 1.33 bits per heavy atom. The van der Waals surface area contributed by atoms with Gasteiger partial charge in [0, 0.05) is 11.8 Å². The number of nitrogens with two attached hydrogens (primary N) is 1. The first-order valence-electron chi connectivity index (χ1n) is 5.27. The van der Waals surface area contributed by atoms with Gasteiger partial charge in [-0.1, -0.05) is 23.5 Å². The molecular formula is C12H14N2O3S. The summed E-state index contributed by atoms with van der Waals surface area (Å²) in [6.45, 7) is 0. The SMILES string of the molecule is COc1cccc(C(O)c2cnc(N)s2)c1OC. The van der Waals surface area contributed by atoms with E-state index in [0.29, 0.717) is 27.1 Å². The maximum Gasteiger partial charge on any atom is 0.180 e. The zero-order valence-corrected chi connectivity index (χ0v) is 10.9. The van der Waals surface area contributed by atoms with Gasteiger partial charge < -0.3 is 20.3 Å². The summed E-state index contributed by atoms with van der Waals surface area (Å²) in [5.41, 5.74) is 6.19. The van der Waals surface area contributed by atoms with E-state index in [-0.39, 0.29) is 0 Å². The highest BCUT2D eigenvalue weighted by Gasteiger charge is 2.20. The molecule has 0 amide bonds. The molecule has 96 valence electrons. The zero-order valence-electron chi connectivity index (χ0n) is 10.1. The Bertz CT molecular complexity index is 542. The second kappa shape index (κ2) is 5.24. The van der Waals surface area contributed by atoms with Crippen LogP contribution >= 0.6 is 11.3 Å². The van der Waals surface area contributed by atoms with E-state index in [9.17, 15) is 5.11 Å². The fourth-order valence-electron chi connectivity index (χ4n) is 1.71. The summed E-state index contributed by atoms with van der Waals surface area (Å²) in [7, 11) is 3.09. The monoisotopic (exact) mass is 266 g/mol. The number of para-hydroxylation sites is 1. The first-order chi connectivity index (χ1) is 8.67. The molecule has 0 saturated heterocycles. The molecule has 6 heteroatoms.